The topological polar surface area (TPSA) is 86.4 Å². The van der Waals surface area contributed by atoms with Crippen molar-refractivity contribution in [3.8, 4) is 6.07 Å². The molecule has 0 saturated carbocycles. The minimum absolute atomic E-state index is 0.000470. The molecule has 2 aromatic rings. The standard InChI is InChI=1S/C24H28F2N4O3S/c1-16(2)15-30-17(3)12-19(18(30)4)13-20(14-27)24(31)28-8-10-29(11-9-28)34(32,33)23-21(25)6-5-7-22(23)26/h5-7,12-13,16H,8-11,15H2,1-4H3/b20-13+. The second kappa shape index (κ2) is 10.1. The van der Waals surface area contributed by atoms with Crippen LogP contribution < -0.4 is 0 Å². The van der Waals surface area contributed by atoms with Crippen LogP contribution >= 0.6 is 0 Å². The first kappa shape index (κ1) is 25.6. The molecule has 1 amide bonds. The molecule has 1 aromatic carbocycles. The number of piperazine rings is 1. The molecule has 2 heterocycles. The molecule has 34 heavy (non-hydrogen) atoms. The molecule has 1 fully saturated rings. The number of benzene rings is 1. The Balaban J connectivity index is 1.77. The van der Waals surface area contributed by atoms with Crippen molar-refractivity contribution in [2.24, 2.45) is 5.92 Å². The van der Waals surface area contributed by atoms with Crippen LogP contribution in [0.4, 0.5) is 8.78 Å². The Hall–Kier alpha value is -3.03. The highest BCUT2D eigenvalue weighted by Crippen LogP contribution is 2.25. The van der Waals surface area contributed by atoms with E-state index in [4.69, 9.17) is 0 Å². The van der Waals surface area contributed by atoms with Gasteiger partial charge in [0.25, 0.3) is 5.91 Å². The zero-order valence-electron chi connectivity index (χ0n) is 19.7. The first-order valence-electron chi connectivity index (χ1n) is 11.0. The third-order valence-corrected chi connectivity index (χ3v) is 7.80. The Morgan fingerprint density at radius 2 is 1.74 bits per heavy atom. The number of nitrogens with zero attached hydrogens (tertiary/aromatic N) is 4. The van der Waals surface area contributed by atoms with Crippen LogP contribution in [0.25, 0.3) is 6.08 Å². The molecule has 0 radical (unpaired) electrons. The lowest BCUT2D eigenvalue weighted by Crippen LogP contribution is -2.51. The van der Waals surface area contributed by atoms with E-state index in [-0.39, 0.29) is 31.8 Å². The first-order chi connectivity index (χ1) is 16.0. The Morgan fingerprint density at radius 3 is 2.26 bits per heavy atom. The van der Waals surface area contributed by atoms with E-state index in [2.05, 4.69) is 18.4 Å². The van der Waals surface area contributed by atoms with Gasteiger partial charge >= 0.3 is 0 Å². The van der Waals surface area contributed by atoms with Gasteiger partial charge in [0.2, 0.25) is 10.0 Å². The maximum absolute atomic E-state index is 14.0. The van der Waals surface area contributed by atoms with Crippen molar-refractivity contribution in [1.29, 1.82) is 5.26 Å². The van der Waals surface area contributed by atoms with Crippen molar-refractivity contribution in [3.63, 3.8) is 0 Å². The number of nitriles is 1. The summed E-state index contributed by atoms with van der Waals surface area (Å²) >= 11 is 0. The number of halogens is 2. The molecule has 1 aliphatic rings. The summed E-state index contributed by atoms with van der Waals surface area (Å²) in [6, 6.07) is 6.75. The fraction of sp³-hybridized carbons (Fsp3) is 0.417. The van der Waals surface area contributed by atoms with Crippen LogP contribution in [0.3, 0.4) is 0 Å². The summed E-state index contributed by atoms with van der Waals surface area (Å²) in [5.74, 6) is -2.40. The summed E-state index contributed by atoms with van der Waals surface area (Å²) in [5.41, 5.74) is 2.71. The highest BCUT2D eigenvalue weighted by molar-refractivity contribution is 7.89. The molecule has 0 unspecified atom stereocenters. The number of rotatable bonds is 6. The zero-order chi connectivity index (χ0) is 25.2. The first-order valence-corrected chi connectivity index (χ1v) is 12.4. The Kier molecular flexibility index (Phi) is 7.58. The van der Waals surface area contributed by atoms with Gasteiger partial charge < -0.3 is 9.47 Å². The number of aryl methyl sites for hydroxylation is 1. The lowest BCUT2D eigenvalue weighted by Gasteiger charge is -2.34. The van der Waals surface area contributed by atoms with E-state index in [9.17, 15) is 27.3 Å². The summed E-state index contributed by atoms with van der Waals surface area (Å²) in [6.45, 7) is 8.68. The molecular weight excluding hydrogens is 462 g/mol. The van der Waals surface area contributed by atoms with E-state index in [0.717, 1.165) is 46.0 Å². The molecule has 0 aliphatic carbocycles. The van der Waals surface area contributed by atoms with Gasteiger partial charge in [-0.05, 0) is 49.6 Å². The lowest BCUT2D eigenvalue weighted by atomic mass is 10.1. The van der Waals surface area contributed by atoms with E-state index in [1.807, 2.05) is 26.0 Å². The van der Waals surface area contributed by atoms with E-state index in [1.54, 1.807) is 6.08 Å². The minimum atomic E-state index is -4.40. The van der Waals surface area contributed by atoms with Crippen molar-refractivity contribution in [2.45, 2.75) is 39.1 Å². The second-order valence-corrected chi connectivity index (χ2v) is 10.6. The average molecular weight is 491 g/mol. The van der Waals surface area contributed by atoms with Crippen LogP contribution in [0, 0.1) is 42.7 Å². The van der Waals surface area contributed by atoms with Crippen LogP contribution in [0.5, 0.6) is 0 Å². The van der Waals surface area contributed by atoms with Crippen molar-refractivity contribution >= 4 is 22.0 Å². The monoisotopic (exact) mass is 490 g/mol. The molecule has 7 nitrogen and oxygen atoms in total. The number of hydrogen-bond acceptors (Lipinski definition) is 4. The number of sulfonamides is 1. The third kappa shape index (κ3) is 5.05. The number of carbonyl (C=O) groups is 1. The summed E-state index contributed by atoms with van der Waals surface area (Å²) in [5, 5.41) is 9.63. The number of carbonyl (C=O) groups excluding carboxylic acids is 1. The molecule has 3 rings (SSSR count). The van der Waals surface area contributed by atoms with E-state index in [1.165, 1.54) is 4.90 Å². The van der Waals surface area contributed by atoms with E-state index < -0.39 is 32.5 Å². The van der Waals surface area contributed by atoms with Gasteiger partial charge in [-0.3, -0.25) is 4.79 Å². The molecule has 10 heteroatoms. The predicted molar refractivity (Wildman–Crippen MR) is 124 cm³/mol. The van der Waals surface area contributed by atoms with Crippen LogP contribution in [-0.4, -0.2) is 54.3 Å². The van der Waals surface area contributed by atoms with Gasteiger partial charge in [0, 0.05) is 44.1 Å². The second-order valence-electron chi connectivity index (χ2n) is 8.75. The molecular formula is C24H28F2N4O3S. The van der Waals surface area contributed by atoms with E-state index in [0.29, 0.717) is 5.92 Å². The van der Waals surface area contributed by atoms with Gasteiger partial charge in [-0.1, -0.05) is 19.9 Å². The maximum Gasteiger partial charge on any atom is 0.264 e. The molecule has 0 bridgehead atoms. The zero-order valence-corrected chi connectivity index (χ0v) is 20.5. The molecule has 182 valence electrons. The normalized spacial score (nSPS) is 15.6. The quantitative estimate of drug-likeness (QED) is 0.458. The van der Waals surface area contributed by atoms with Gasteiger partial charge in [-0.25, -0.2) is 17.2 Å². The highest BCUT2D eigenvalue weighted by atomic mass is 32.2. The summed E-state index contributed by atoms with van der Waals surface area (Å²) in [4.78, 5) is 13.4. The average Bonchev–Trinajstić information content (AvgIpc) is 3.03. The van der Waals surface area contributed by atoms with Gasteiger partial charge in [-0.15, -0.1) is 0 Å². The SMILES string of the molecule is Cc1cc(/C=C(\C#N)C(=O)N2CCN(S(=O)(=O)c3c(F)cccc3F)CC2)c(C)n1CC(C)C. The Labute approximate surface area is 198 Å². The minimum Gasteiger partial charge on any atom is -0.348 e. The lowest BCUT2D eigenvalue weighted by molar-refractivity contribution is -0.127. The maximum atomic E-state index is 14.0. The Morgan fingerprint density at radius 1 is 1.15 bits per heavy atom. The van der Waals surface area contributed by atoms with Gasteiger partial charge in [0.1, 0.15) is 23.3 Å². The summed E-state index contributed by atoms with van der Waals surface area (Å²) < 4.78 is 56.7. The van der Waals surface area contributed by atoms with Crippen LogP contribution in [0.1, 0.15) is 30.8 Å². The number of hydrogen-bond donors (Lipinski definition) is 0. The largest absolute Gasteiger partial charge is 0.348 e. The number of aromatic nitrogens is 1. The highest BCUT2D eigenvalue weighted by Gasteiger charge is 2.34. The molecule has 0 spiro atoms. The van der Waals surface area contributed by atoms with Gasteiger partial charge in [-0.2, -0.15) is 9.57 Å². The predicted octanol–water partition coefficient (Wildman–Crippen LogP) is 3.48. The Bertz CT molecular complexity index is 1250. The fourth-order valence-corrected chi connectivity index (χ4v) is 5.61. The van der Waals surface area contributed by atoms with Crippen LogP contribution in [0.2, 0.25) is 0 Å². The third-order valence-electron chi connectivity index (χ3n) is 5.85. The van der Waals surface area contributed by atoms with Crippen molar-refractivity contribution in [1.82, 2.24) is 13.8 Å². The van der Waals surface area contributed by atoms with Crippen LogP contribution in [-0.2, 0) is 21.4 Å². The van der Waals surface area contributed by atoms with Gasteiger partial charge in [0.05, 0.1) is 0 Å². The van der Waals surface area contributed by atoms with Crippen molar-refractivity contribution in [2.75, 3.05) is 26.2 Å². The van der Waals surface area contributed by atoms with Crippen molar-refractivity contribution in [3.05, 3.63) is 58.4 Å². The van der Waals surface area contributed by atoms with Gasteiger partial charge in [0.15, 0.2) is 4.90 Å². The van der Waals surface area contributed by atoms with Crippen LogP contribution in [0.15, 0.2) is 34.7 Å². The molecule has 1 aromatic heterocycles. The fourth-order valence-electron chi connectivity index (χ4n) is 4.08. The molecule has 1 aliphatic heterocycles. The summed E-state index contributed by atoms with van der Waals surface area (Å²) in [7, 11) is -4.40. The van der Waals surface area contributed by atoms with Crippen molar-refractivity contribution < 1.29 is 22.0 Å². The molecule has 0 N–H and O–H groups in total. The molecule has 1 saturated heterocycles. The smallest absolute Gasteiger partial charge is 0.264 e. The van der Waals surface area contributed by atoms with E-state index >= 15 is 0 Å². The molecule has 0 atom stereocenters. The summed E-state index contributed by atoms with van der Waals surface area (Å²) in [6.07, 6.45) is 1.55. The number of amides is 1.